The molecule has 9 nitrogen and oxygen atoms in total. The zero-order valence-electron chi connectivity index (χ0n) is 28.5. The van der Waals surface area contributed by atoms with Crippen LogP contribution >= 0.6 is 0 Å². The fourth-order valence-corrected chi connectivity index (χ4v) is 6.38. The summed E-state index contributed by atoms with van der Waals surface area (Å²) in [4.78, 5) is 42.3. The van der Waals surface area contributed by atoms with Crippen LogP contribution in [0.1, 0.15) is 66.5 Å². The van der Waals surface area contributed by atoms with Gasteiger partial charge in [0, 0.05) is 18.0 Å². The van der Waals surface area contributed by atoms with Gasteiger partial charge in [0.25, 0.3) is 5.91 Å². The van der Waals surface area contributed by atoms with E-state index in [1.807, 2.05) is 109 Å². The highest BCUT2D eigenvalue weighted by atomic mass is 32.2. The highest BCUT2D eigenvalue weighted by Gasteiger charge is 2.41. The van der Waals surface area contributed by atoms with E-state index in [2.05, 4.69) is 15.4 Å². The van der Waals surface area contributed by atoms with E-state index in [-0.39, 0.29) is 35.5 Å². The maximum absolute atomic E-state index is 14.1. The number of carbonyl (C=O) groups excluding carboxylic acids is 3. The fourth-order valence-electron chi connectivity index (χ4n) is 5.33. The zero-order valence-corrected chi connectivity index (χ0v) is 29.3. The van der Waals surface area contributed by atoms with Crippen LogP contribution in [-0.4, -0.2) is 69.0 Å². The van der Waals surface area contributed by atoms with E-state index in [0.717, 1.165) is 11.1 Å². The van der Waals surface area contributed by atoms with Crippen LogP contribution in [0.25, 0.3) is 0 Å². The number of aryl methyl sites for hydroxylation is 1. The Bertz CT molecular complexity index is 1430. The Balaban J connectivity index is 2.25. The predicted molar refractivity (Wildman–Crippen MR) is 181 cm³/mol. The molecule has 248 valence electrons. The summed E-state index contributed by atoms with van der Waals surface area (Å²) in [5.41, 5.74) is 0.796. The summed E-state index contributed by atoms with van der Waals surface area (Å²) in [5, 5.41) is 6.16. The van der Waals surface area contributed by atoms with Crippen LogP contribution in [0.4, 0.5) is 0 Å². The summed E-state index contributed by atoms with van der Waals surface area (Å²) in [6.07, 6.45) is 1.88. The third-order valence-corrected chi connectivity index (χ3v) is 9.44. The minimum Gasteiger partial charge on any atom is -0.342 e. The highest BCUT2D eigenvalue weighted by Crippen LogP contribution is 2.29. The van der Waals surface area contributed by atoms with Crippen LogP contribution in [0.2, 0.25) is 0 Å². The molecule has 0 aliphatic heterocycles. The predicted octanol–water partition coefficient (Wildman–Crippen LogP) is 4.20. The Labute approximate surface area is 270 Å². The number of hydrogen-bond donors (Lipinski definition) is 3. The number of nitrogens with zero attached hydrogens (tertiary/aromatic N) is 1. The number of nitrogens with one attached hydrogen (secondary N) is 3. The molecule has 0 saturated heterocycles. The number of benzene rings is 2. The maximum atomic E-state index is 14.1. The highest BCUT2D eigenvalue weighted by molar-refractivity contribution is 7.90. The first-order valence-corrected chi connectivity index (χ1v) is 17.0. The molecule has 0 aliphatic carbocycles. The van der Waals surface area contributed by atoms with Gasteiger partial charge in [0.1, 0.15) is 6.04 Å². The molecule has 2 aromatic rings. The molecular weight excluding hydrogens is 588 g/mol. The molecule has 2 rings (SSSR count). The van der Waals surface area contributed by atoms with Crippen LogP contribution in [-0.2, 0) is 36.2 Å². The Hall–Kier alpha value is -3.50. The summed E-state index contributed by atoms with van der Waals surface area (Å²) in [6.45, 7) is 15.0. The van der Waals surface area contributed by atoms with Crippen molar-refractivity contribution in [1.82, 2.24) is 20.3 Å². The van der Waals surface area contributed by atoms with Crippen molar-refractivity contribution in [1.29, 1.82) is 0 Å². The monoisotopic (exact) mass is 640 g/mol. The van der Waals surface area contributed by atoms with Crippen molar-refractivity contribution >= 4 is 27.7 Å². The second-order valence-electron chi connectivity index (χ2n) is 13.6. The molecule has 0 saturated carbocycles. The smallest absolute Gasteiger partial charge is 0.260 e. The average Bonchev–Trinajstić information content (AvgIpc) is 2.97. The topological polar surface area (TPSA) is 125 Å². The molecule has 0 fully saturated rings. The third-order valence-electron chi connectivity index (χ3n) is 8.20. The molecule has 0 aliphatic rings. The lowest BCUT2D eigenvalue weighted by atomic mass is 9.76. The van der Waals surface area contributed by atoms with E-state index >= 15 is 0 Å². The number of rotatable bonds is 14. The summed E-state index contributed by atoms with van der Waals surface area (Å²) in [7, 11) is -0.515. The van der Waals surface area contributed by atoms with Crippen molar-refractivity contribution in [3.8, 4) is 0 Å². The van der Waals surface area contributed by atoms with E-state index in [4.69, 9.17) is 0 Å². The Morgan fingerprint density at radius 1 is 0.889 bits per heavy atom. The molecule has 3 amide bonds. The molecule has 0 heterocycles. The lowest BCUT2D eigenvalue weighted by molar-refractivity contribution is -0.140. The standard InChI is InChI=1S/C35H52N4O5S/c1-24(2)28(23-25(3)31(40)38-45(43,44)22-21-26-17-13-11-14-18-26)39(10)33(42)30(34(4,5)6)37-32(41)29(36-9)35(7,8)27-19-15-12-16-20-27/h11-20,23-24,28-30,36H,21-22H2,1-10H3,(H,37,41)(H,38,40)/b25-23+/t28-,29-,30-/m1/s1. The number of sulfonamides is 1. The molecular formula is C35H52N4O5S. The summed E-state index contributed by atoms with van der Waals surface area (Å²) >= 11 is 0. The molecule has 3 N–H and O–H groups in total. The van der Waals surface area contributed by atoms with Gasteiger partial charge in [-0.1, -0.05) is 115 Å². The van der Waals surface area contributed by atoms with E-state index in [0.29, 0.717) is 0 Å². The molecule has 0 spiro atoms. The van der Waals surface area contributed by atoms with Gasteiger partial charge in [-0.25, -0.2) is 13.1 Å². The van der Waals surface area contributed by atoms with Crippen LogP contribution in [0.3, 0.4) is 0 Å². The van der Waals surface area contributed by atoms with Crippen molar-refractivity contribution in [2.24, 2.45) is 11.3 Å². The summed E-state index contributed by atoms with van der Waals surface area (Å²) in [6, 6.07) is 16.9. The van der Waals surface area contributed by atoms with Crippen molar-refractivity contribution < 1.29 is 22.8 Å². The molecule has 45 heavy (non-hydrogen) atoms. The second-order valence-corrected chi connectivity index (χ2v) is 15.5. The zero-order chi connectivity index (χ0) is 34.2. The molecule has 10 heteroatoms. The minimum atomic E-state index is -3.88. The number of carbonyl (C=O) groups is 3. The normalized spacial score (nSPS) is 14.8. The van der Waals surface area contributed by atoms with E-state index in [1.54, 1.807) is 20.2 Å². The molecule has 2 aromatic carbocycles. The van der Waals surface area contributed by atoms with Gasteiger partial charge in [-0.15, -0.1) is 0 Å². The van der Waals surface area contributed by atoms with Crippen molar-refractivity contribution in [3.63, 3.8) is 0 Å². The lowest BCUT2D eigenvalue weighted by Gasteiger charge is -2.40. The first-order chi connectivity index (χ1) is 20.8. The fraction of sp³-hybridized carbons (Fsp3) is 0.514. The maximum Gasteiger partial charge on any atom is 0.260 e. The minimum absolute atomic E-state index is 0.116. The van der Waals surface area contributed by atoms with Gasteiger partial charge in [0.05, 0.1) is 17.8 Å². The van der Waals surface area contributed by atoms with Crippen molar-refractivity contribution in [2.75, 3.05) is 19.8 Å². The lowest BCUT2D eigenvalue weighted by Crippen LogP contribution is -2.61. The molecule has 0 bridgehead atoms. The summed E-state index contributed by atoms with van der Waals surface area (Å²) in [5.74, 6) is -1.71. The third kappa shape index (κ3) is 10.5. The average molecular weight is 641 g/mol. The first kappa shape index (κ1) is 37.7. The van der Waals surface area contributed by atoms with Crippen LogP contribution in [0.5, 0.6) is 0 Å². The Kier molecular flexibility index (Phi) is 13.1. The van der Waals surface area contributed by atoms with E-state index < -0.39 is 44.9 Å². The number of amides is 3. The quantitative estimate of drug-likeness (QED) is 0.266. The SMILES string of the molecule is CN[C@H](C(=O)N[C@H](C(=O)N(C)[C@H](/C=C(\C)C(=O)NS(=O)(=O)CCc1ccccc1)C(C)C)C(C)(C)C)C(C)(C)c1ccccc1. The first-order valence-electron chi connectivity index (χ1n) is 15.4. The van der Waals surface area contributed by atoms with Gasteiger partial charge >= 0.3 is 0 Å². The second kappa shape index (κ2) is 15.7. The van der Waals surface area contributed by atoms with Crippen molar-refractivity contribution in [3.05, 3.63) is 83.4 Å². The van der Waals surface area contributed by atoms with E-state index in [1.165, 1.54) is 11.8 Å². The number of likely N-dealkylation sites (N-methyl/N-ethyl adjacent to an activating group) is 2. The molecule has 3 atom stereocenters. The van der Waals surface area contributed by atoms with Crippen LogP contribution in [0, 0.1) is 11.3 Å². The van der Waals surface area contributed by atoms with E-state index in [9.17, 15) is 22.8 Å². The van der Waals surface area contributed by atoms with Gasteiger partial charge in [-0.05, 0) is 42.9 Å². The molecule has 0 radical (unpaired) electrons. The van der Waals surface area contributed by atoms with Gasteiger partial charge in [-0.3, -0.25) is 14.4 Å². The Morgan fingerprint density at radius 3 is 1.91 bits per heavy atom. The van der Waals surface area contributed by atoms with Gasteiger partial charge < -0.3 is 15.5 Å². The van der Waals surface area contributed by atoms with Crippen molar-refractivity contribution in [2.45, 2.75) is 85.4 Å². The largest absolute Gasteiger partial charge is 0.342 e. The van der Waals surface area contributed by atoms with Gasteiger partial charge in [-0.2, -0.15) is 0 Å². The van der Waals surface area contributed by atoms with Gasteiger partial charge in [0.2, 0.25) is 21.8 Å². The van der Waals surface area contributed by atoms with Crippen LogP contribution < -0.4 is 15.4 Å². The molecule has 0 aromatic heterocycles. The Morgan fingerprint density at radius 2 is 1.42 bits per heavy atom. The number of hydrogen-bond acceptors (Lipinski definition) is 6. The van der Waals surface area contributed by atoms with Crippen LogP contribution in [0.15, 0.2) is 72.3 Å². The molecule has 0 unspecified atom stereocenters. The summed E-state index contributed by atoms with van der Waals surface area (Å²) < 4.78 is 27.5. The van der Waals surface area contributed by atoms with Gasteiger partial charge in [0.15, 0.2) is 0 Å².